The van der Waals surface area contributed by atoms with Gasteiger partial charge in [-0.2, -0.15) is 5.10 Å². The number of hydrogen-bond acceptors (Lipinski definition) is 3. The van der Waals surface area contributed by atoms with Crippen LogP contribution in [0.3, 0.4) is 0 Å². The van der Waals surface area contributed by atoms with Crippen molar-refractivity contribution < 1.29 is 5.11 Å². The molecule has 0 saturated heterocycles. The van der Waals surface area contributed by atoms with Gasteiger partial charge in [-0.05, 0) is 32.0 Å². The van der Waals surface area contributed by atoms with Crippen LogP contribution in [0.25, 0.3) is 10.9 Å². The Hall–Kier alpha value is -1.26. The summed E-state index contributed by atoms with van der Waals surface area (Å²) in [5.41, 5.74) is 2.09. The maximum atomic E-state index is 9.40. The highest BCUT2D eigenvalue weighted by molar-refractivity contribution is 6.18. The van der Waals surface area contributed by atoms with Crippen molar-refractivity contribution >= 4 is 28.2 Å². The highest BCUT2D eigenvalue weighted by Gasteiger charge is 2.07. The lowest BCUT2D eigenvalue weighted by atomic mass is 10.2. The number of aliphatic hydroxyl groups excluding tert-OH is 1. The molecule has 0 radical (unpaired) electrons. The lowest BCUT2D eigenvalue weighted by Crippen LogP contribution is -2.20. The van der Waals surface area contributed by atoms with Crippen LogP contribution in [0.4, 0.5) is 5.69 Å². The number of anilines is 1. The zero-order valence-electron chi connectivity index (χ0n) is 10.6. The van der Waals surface area contributed by atoms with Gasteiger partial charge in [-0.1, -0.05) is 0 Å². The molecule has 1 heterocycles. The highest BCUT2D eigenvalue weighted by atomic mass is 35.5. The Morgan fingerprint density at radius 3 is 2.89 bits per heavy atom. The van der Waals surface area contributed by atoms with Crippen molar-refractivity contribution in [3.05, 3.63) is 24.4 Å². The van der Waals surface area contributed by atoms with Crippen molar-refractivity contribution in [3.8, 4) is 0 Å². The van der Waals surface area contributed by atoms with Crippen molar-refractivity contribution in [3.63, 3.8) is 0 Å². The quantitative estimate of drug-likeness (QED) is 0.819. The van der Waals surface area contributed by atoms with Crippen LogP contribution >= 0.6 is 11.6 Å². The van der Waals surface area contributed by atoms with Crippen molar-refractivity contribution in [2.24, 2.45) is 0 Å². The van der Waals surface area contributed by atoms with Gasteiger partial charge in [0, 0.05) is 23.7 Å². The number of fused-ring (bicyclic) bond motifs is 1. The summed E-state index contributed by atoms with van der Waals surface area (Å²) in [6.45, 7) is 4.66. The molecule has 98 valence electrons. The molecule has 5 heteroatoms. The minimum Gasteiger partial charge on any atom is -0.390 e. The van der Waals surface area contributed by atoms with E-state index < -0.39 is 6.10 Å². The van der Waals surface area contributed by atoms with Gasteiger partial charge in [0.15, 0.2) is 0 Å². The number of rotatable bonds is 5. The topological polar surface area (TPSA) is 50.1 Å². The third-order valence-corrected chi connectivity index (χ3v) is 3.16. The van der Waals surface area contributed by atoms with Crippen LogP contribution in [0.15, 0.2) is 24.4 Å². The third kappa shape index (κ3) is 2.76. The van der Waals surface area contributed by atoms with Crippen LogP contribution in [0.5, 0.6) is 0 Å². The van der Waals surface area contributed by atoms with Gasteiger partial charge < -0.3 is 10.4 Å². The zero-order valence-corrected chi connectivity index (χ0v) is 11.4. The molecule has 0 aliphatic heterocycles. The van der Waals surface area contributed by atoms with Gasteiger partial charge in [0.1, 0.15) is 0 Å². The Balaban J connectivity index is 2.18. The highest BCUT2D eigenvalue weighted by Crippen LogP contribution is 2.21. The average Bonchev–Trinajstić information content (AvgIpc) is 2.78. The van der Waals surface area contributed by atoms with E-state index in [0.717, 1.165) is 16.6 Å². The number of halogens is 1. The van der Waals surface area contributed by atoms with E-state index in [2.05, 4.69) is 24.3 Å². The largest absolute Gasteiger partial charge is 0.390 e. The number of aliphatic hydroxyl groups is 1. The monoisotopic (exact) mass is 267 g/mol. The van der Waals surface area contributed by atoms with Crippen LogP contribution in [-0.2, 0) is 0 Å². The van der Waals surface area contributed by atoms with E-state index in [1.165, 1.54) is 0 Å². The van der Waals surface area contributed by atoms with E-state index in [0.29, 0.717) is 12.6 Å². The summed E-state index contributed by atoms with van der Waals surface area (Å²) in [6.07, 6.45) is 1.33. The molecule has 18 heavy (non-hydrogen) atoms. The predicted molar refractivity (Wildman–Crippen MR) is 75.3 cm³/mol. The van der Waals surface area contributed by atoms with Crippen molar-refractivity contribution in [2.75, 3.05) is 17.7 Å². The lowest BCUT2D eigenvalue weighted by molar-refractivity contribution is 0.211. The van der Waals surface area contributed by atoms with Gasteiger partial charge in [-0.15, -0.1) is 11.6 Å². The van der Waals surface area contributed by atoms with Crippen molar-refractivity contribution in [2.45, 2.75) is 26.0 Å². The summed E-state index contributed by atoms with van der Waals surface area (Å²) in [5, 5.41) is 18.0. The smallest absolute Gasteiger partial charge is 0.0847 e. The van der Waals surface area contributed by atoms with E-state index >= 15 is 0 Å². The number of aromatic nitrogens is 2. The second kappa shape index (κ2) is 5.59. The summed E-state index contributed by atoms with van der Waals surface area (Å²) < 4.78 is 1.99. The normalized spacial score (nSPS) is 13.2. The minimum absolute atomic E-state index is 0.237. The Labute approximate surface area is 112 Å². The fourth-order valence-electron chi connectivity index (χ4n) is 1.86. The lowest BCUT2D eigenvalue weighted by Gasteiger charge is -2.11. The first-order valence-electron chi connectivity index (χ1n) is 6.07. The third-order valence-electron chi connectivity index (χ3n) is 2.80. The van der Waals surface area contributed by atoms with E-state index in [1.807, 2.05) is 29.1 Å². The molecular formula is C13H18ClN3O. The van der Waals surface area contributed by atoms with Gasteiger partial charge in [0.2, 0.25) is 0 Å². The summed E-state index contributed by atoms with van der Waals surface area (Å²) in [7, 11) is 0. The number of nitrogens with one attached hydrogen (secondary N) is 1. The molecule has 1 unspecified atom stereocenters. The van der Waals surface area contributed by atoms with Gasteiger partial charge >= 0.3 is 0 Å². The maximum Gasteiger partial charge on any atom is 0.0847 e. The Morgan fingerprint density at radius 1 is 1.44 bits per heavy atom. The van der Waals surface area contributed by atoms with Gasteiger partial charge in [-0.25, -0.2) is 0 Å². The van der Waals surface area contributed by atoms with E-state index in [-0.39, 0.29) is 5.88 Å². The van der Waals surface area contributed by atoms with Crippen LogP contribution in [0.2, 0.25) is 0 Å². The Kier molecular flexibility index (Phi) is 4.09. The molecule has 0 spiro atoms. The minimum atomic E-state index is -0.527. The van der Waals surface area contributed by atoms with Crippen molar-refractivity contribution in [1.29, 1.82) is 0 Å². The van der Waals surface area contributed by atoms with E-state index in [1.54, 1.807) is 0 Å². The Bertz CT molecular complexity index is 524. The molecule has 0 bridgehead atoms. The van der Waals surface area contributed by atoms with Gasteiger partial charge in [0.25, 0.3) is 0 Å². The SMILES string of the molecule is CC(C)n1ncc2cc(NCC(O)CCl)ccc21. The summed E-state index contributed by atoms with van der Waals surface area (Å²) in [5.74, 6) is 0.237. The number of benzene rings is 1. The molecule has 2 rings (SSSR count). The first-order chi connectivity index (χ1) is 8.61. The number of alkyl halides is 1. The first kappa shape index (κ1) is 13.2. The van der Waals surface area contributed by atoms with E-state index in [4.69, 9.17) is 11.6 Å². The van der Waals surface area contributed by atoms with E-state index in [9.17, 15) is 5.11 Å². The van der Waals surface area contributed by atoms with Crippen LogP contribution in [0, 0.1) is 0 Å². The number of nitrogens with zero attached hydrogens (tertiary/aromatic N) is 2. The molecule has 0 saturated carbocycles. The van der Waals surface area contributed by atoms with Gasteiger partial charge in [-0.3, -0.25) is 4.68 Å². The number of hydrogen-bond donors (Lipinski definition) is 2. The molecular weight excluding hydrogens is 250 g/mol. The molecule has 1 atom stereocenters. The first-order valence-corrected chi connectivity index (χ1v) is 6.60. The molecule has 4 nitrogen and oxygen atoms in total. The molecule has 0 amide bonds. The average molecular weight is 268 g/mol. The van der Waals surface area contributed by atoms with Crippen LogP contribution in [0.1, 0.15) is 19.9 Å². The van der Waals surface area contributed by atoms with Crippen LogP contribution < -0.4 is 5.32 Å². The zero-order chi connectivity index (χ0) is 13.1. The van der Waals surface area contributed by atoms with Gasteiger partial charge in [0.05, 0.1) is 23.7 Å². The predicted octanol–water partition coefficient (Wildman–Crippen LogP) is 2.63. The summed E-state index contributed by atoms with van der Waals surface area (Å²) in [4.78, 5) is 0. The van der Waals surface area contributed by atoms with Crippen molar-refractivity contribution in [1.82, 2.24) is 9.78 Å². The molecule has 2 N–H and O–H groups in total. The second-order valence-electron chi connectivity index (χ2n) is 4.65. The second-order valence-corrected chi connectivity index (χ2v) is 4.95. The summed E-state index contributed by atoms with van der Waals surface area (Å²) in [6, 6.07) is 6.41. The Morgan fingerprint density at radius 2 is 2.22 bits per heavy atom. The molecule has 0 fully saturated rings. The molecule has 1 aromatic carbocycles. The molecule has 0 aliphatic rings. The standard InChI is InChI=1S/C13H18ClN3O/c1-9(2)17-13-4-3-11(5-10(13)7-16-17)15-8-12(18)6-14/h3-5,7,9,12,15,18H,6,8H2,1-2H3. The fourth-order valence-corrected chi connectivity index (χ4v) is 1.97. The molecule has 0 aliphatic carbocycles. The molecule has 2 aromatic rings. The maximum absolute atomic E-state index is 9.40. The molecule has 1 aromatic heterocycles. The fraction of sp³-hybridized carbons (Fsp3) is 0.462. The van der Waals surface area contributed by atoms with Crippen LogP contribution in [-0.4, -0.2) is 33.4 Å². The summed E-state index contributed by atoms with van der Waals surface area (Å²) >= 11 is 5.55.